The van der Waals surface area contributed by atoms with Crippen molar-refractivity contribution in [1.29, 1.82) is 5.26 Å². The quantitative estimate of drug-likeness (QED) is 0.675. The zero-order valence-corrected chi connectivity index (χ0v) is 14.7. The summed E-state index contributed by atoms with van der Waals surface area (Å²) < 4.78 is 61.4. The van der Waals surface area contributed by atoms with Crippen LogP contribution in [0.3, 0.4) is 0 Å². The molecule has 1 aromatic heterocycles. The van der Waals surface area contributed by atoms with Crippen molar-refractivity contribution in [3.05, 3.63) is 65.4 Å². The first kappa shape index (κ1) is 18.8. The predicted octanol–water partition coefficient (Wildman–Crippen LogP) is 4.32. The van der Waals surface area contributed by atoms with Crippen LogP contribution in [-0.4, -0.2) is 18.5 Å². The monoisotopic (exact) mass is 391 g/mol. The van der Waals surface area contributed by atoms with Crippen LogP contribution in [0.4, 0.5) is 13.2 Å². The summed E-state index contributed by atoms with van der Waals surface area (Å²) in [6.07, 6.45) is -4.80. The van der Waals surface area contributed by atoms with E-state index in [1.54, 1.807) is 30.3 Å². The average molecular weight is 391 g/mol. The van der Waals surface area contributed by atoms with Crippen LogP contribution in [0.25, 0.3) is 16.9 Å². The Morgan fingerprint density at radius 2 is 1.70 bits per heavy atom. The smallest absolute Gasteiger partial charge is 0.302 e. The summed E-state index contributed by atoms with van der Waals surface area (Å²) in [4.78, 5) is 0.0966. The molecule has 0 saturated heterocycles. The molecule has 3 rings (SSSR count). The van der Waals surface area contributed by atoms with Gasteiger partial charge in [0.1, 0.15) is 11.6 Å². The highest BCUT2D eigenvalue weighted by atomic mass is 32.2. The number of rotatable bonds is 3. The van der Waals surface area contributed by atoms with Gasteiger partial charge in [-0.15, -0.1) is 0 Å². The maximum absolute atomic E-state index is 13.4. The fraction of sp³-hybridized carbons (Fsp3) is 0.111. The van der Waals surface area contributed by atoms with E-state index in [-0.39, 0.29) is 16.3 Å². The van der Waals surface area contributed by atoms with E-state index in [9.17, 15) is 22.6 Å². The highest BCUT2D eigenvalue weighted by molar-refractivity contribution is 7.79. The van der Waals surface area contributed by atoms with Crippen molar-refractivity contribution in [3.8, 4) is 23.0 Å². The maximum Gasteiger partial charge on any atom is 0.436 e. The molecule has 0 aliphatic carbocycles. The third-order valence-corrected chi connectivity index (χ3v) is 4.55. The van der Waals surface area contributed by atoms with E-state index in [0.29, 0.717) is 5.56 Å². The zero-order valence-electron chi connectivity index (χ0n) is 13.9. The lowest BCUT2D eigenvalue weighted by Gasteiger charge is -2.09. The van der Waals surface area contributed by atoms with Gasteiger partial charge in [-0.3, -0.25) is 0 Å². The minimum Gasteiger partial charge on any atom is -0.302 e. The van der Waals surface area contributed by atoms with E-state index < -0.39 is 28.5 Å². The Hall–Kier alpha value is -2.96. The van der Waals surface area contributed by atoms with Gasteiger partial charge in [-0.1, -0.05) is 29.8 Å². The minimum absolute atomic E-state index is 0.00250. The first-order chi connectivity index (χ1) is 12.7. The third-order valence-electron chi connectivity index (χ3n) is 3.87. The highest BCUT2D eigenvalue weighted by Gasteiger charge is 2.40. The van der Waals surface area contributed by atoms with Gasteiger partial charge in [-0.05, 0) is 31.2 Å². The number of aryl methyl sites for hydroxylation is 1. The van der Waals surface area contributed by atoms with Crippen molar-refractivity contribution in [1.82, 2.24) is 9.78 Å². The lowest BCUT2D eigenvalue weighted by Crippen LogP contribution is -2.08. The Morgan fingerprint density at radius 1 is 1.11 bits per heavy atom. The van der Waals surface area contributed by atoms with Gasteiger partial charge in [0, 0.05) is 5.56 Å². The first-order valence-electron chi connectivity index (χ1n) is 7.61. The van der Waals surface area contributed by atoms with E-state index in [0.717, 1.165) is 10.2 Å². The van der Waals surface area contributed by atoms with Gasteiger partial charge in [-0.2, -0.15) is 23.5 Å². The molecule has 5 nitrogen and oxygen atoms in total. The van der Waals surface area contributed by atoms with Crippen molar-refractivity contribution >= 4 is 11.1 Å². The van der Waals surface area contributed by atoms with Crippen molar-refractivity contribution in [2.24, 2.45) is 0 Å². The first-order valence-corrected chi connectivity index (χ1v) is 8.71. The molecule has 1 unspecified atom stereocenters. The molecule has 0 fully saturated rings. The number of hydrogen-bond donors (Lipinski definition) is 1. The van der Waals surface area contributed by atoms with Crippen LogP contribution in [0, 0.1) is 18.3 Å². The molecule has 1 heterocycles. The van der Waals surface area contributed by atoms with Crippen LogP contribution in [0.2, 0.25) is 0 Å². The Morgan fingerprint density at radius 3 is 2.19 bits per heavy atom. The second-order valence-corrected chi connectivity index (χ2v) is 6.67. The van der Waals surface area contributed by atoms with Crippen molar-refractivity contribution < 1.29 is 21.9 Å². The summed E-state index contributed by atoms with van der Waals surface area (Å²) in [7, 11) is 0. The molecule has 138 valence electrons. The Bertz CT molecular complexity index is 1050. The van der Waals surface area contributed by atoms with E-state index in [1.807, 2.05) is 6.92 Å². The molecule has 0 aliphatic heterocycles. The fourth-order valence-corrected chi connectivity index (χ4v) is 2.96. The van der Waals surface area contributed by atoms with Gasteiger partial charge in [-0.25, -0.2) is 8.89 Å². The molecule has 0 spiro atoms. The number of hydrogen-bond acceptors (Lipinski definition) is 3. The van der Waals surface area contributed by atoms with Crippen LogP contribution in [0.15, 0.2) is 53.4 Å². The lowest BCUT2D eigenvalue weighted by atomic mass is 10.0. The third kappa shape index (κ3) is 3.63. The maximum atomic E-state index is 13.4. The summed E-state index contributed by atoms with van der Waals surface area (Å²) in [6, 6.07) is 13.6. The number of benzene rings is 2. The molecular weight excluding hydrogens is 379 g/mol. The number of halogens is 3. The Balaban J connectivity index is 2.29. The average Bonchev–Trinajstić information content (AvgIpc) is 3.02. The van der Waals surface area contributed by atoms with Gasteiger partial charge in [0.15, 0.2) is 16.8 Å². The molecule has 0 bridgehead atoms. The summed E-state index contributed by atoms with van der Waals surface area (Å²) in [6.45, 7) is 1.83. The van der Waals surface area contributed by atoms with Crippen LogP contribution in [0.5, 0.6) is 0 Å². The SMILES string of the molecule is Cc1ccc(-c2c(C#N)c(C(F)(F)F)nn2-c2ccc(S(=O)O)cc2)cc1. The van der Waals surface area contributed by atoms with Crippen LogP contribution in [-0.2, 0) is 17.3 Å². The van der Waals surface area contributed by atoms with Crippen molar-refractivity contribution in [2.45, 2.75) is 18.0 Å². The summed E-state index contributed by atoms with van der Waals surface area (Å²) in [5, 5.41) is 13.0. The van der Waals surface area contributed by atoms with Crippen molar-refractivity contribution in [3.63, 3.8) is 0 Å². The molecule has 1 atom stereocenters. The molecular formula is C18H12F3N3O2S. The summed E-state index contributed by atoms with van der Waals surface area (Å²) in [5.74, 6) is 0. The molecule has 27 heavy (non-hydrogen) atoms. The summed E-state index contributed by atoms with van der Waals surface area (Å²) >= 11 is -2.21. The zero-order chi connectivity index (χ0) is 19.8. The molecule has 1 N–H and O–H groups in total. The van der Waals surface area contributed by atoms with E-state index >= 15 is 0 Å². The van der Waals surface area contributed by atoms with E-state index in [2.05, 4.69) is 5.10 Å². The van der Waals surface area contributed by atoms with E-state index in [1.165, 1.54) is 24.3 Å². The standard InChI is InChI=1S/C18H12F3N3O2S/c1-11-2-4-12(5-3-11)16-15(10-22)17(18(19,20)21)23-24(16)13-6-8-14(9-7-13)27(25)26/h2-9H,1H3,(H,25,26). The van der Waals surface area contributed by atoms with E-state index in [4.69, 9.17) is 4.55 Å². The number of nitriles is 1. The Labute approximate surface area is 155 Å². The Kier molecular flexibility index (Phi) is 4.87. The molecule has 0 radical (unpaired) electrons. The highest BCUT2D eigenvalue weighted by Crippen LogP contribution is 2.37. The largest absolute Gasteiger partial charge is 0.436 e. The van der Waals surface area contributed by atoms with Crippen LogP contribution in [0.1, 0.15) is 16.8 Å². The molecule has 2 aromatic carbocycles. The number of alkyl halides is 3. The molecule has 3 aromatic rings. The second-order valence-electron chi connectivity index (χ2n) is 5.70. The fourth-order valence-electron chi connectivity index (χ4n) is 2.59. The second kappa shape index (κ2) is 6.98. The normalized spacial score (nSPS) is 12.6. The van der Waals surface area contributed by atoms with Crippen molar-refractivity contribution in [2.75, 3.05) is 0 Å². The van der Waals surface area contributed by atoms with Gasteiger partial charge in [0.2, 0.25) is 0 Å². The molecule has 9 heteroatoms. The molecule has 0 amide bonds. The van der Waals surface area contributed by atoms with Gasteiger partial charge >= 0.3 is 6.18 Å². The summed E-state index contributed by atoms with van der Waals surface area (Å²) in [5.41, 5.74) is -0.324. The molecule has 0 saturated carbocycles. The lowest BCUT2D eigenvalue weighted by molar-refractivity contribution is -0.141. The topological polar surface area (TPSA) is 78.9 Å². The van der Waals surface area contributed by atoms with Gasteiger partial charge in [0.25, 0.3) is 0 Å². The van der Waals surface area contributed by atoms with Crippen LogP contribution < -0.4 is 0 Å². The van der Waals surface area contributed by atoms with Gasteiger partial charge < -0.3 is 4.55 Å². The molecule has 0 aliphatic rings. The van der Waals surface area contributed by atoms with Gasteiger partial charge in [0.05, 0.1) is 16.3 Å². The number of nitrogens with zero attached hydrogens (tertiary/aromatic N) is 3. The minimum atomic E-state index is -4.80. The predicted molar refractivity (Wildman–Crippen MR) is 92.5 cm³/mol. The van der Waals surface area contributed by atoms with Crippen LogP contribution >= 0.6 is 0 Å². The number of aromatic nitrogens is 2.